The molecule has 0 radical (unpaired) electrons. The zero-order valence-electron chi connectivity index (χ0n) is 6.58. The average molecular weight is 148 g/mol. The number of ether oxygens (including phenoxy) is 1. The monoisotopic (exact) mass is 148 g/mol. The van der Waals surface area contributed by atoms with Gasteiger partial charge in [-0.25, -0.2) is 0 Å². The van der Waals surface area contributed by atoms with Crippen LogP contribution in [0.5, 0.6) is 0 Å². The highest BCUT2D eigenvalue weighted by molar-refractivity contribution is 4.49. The lowest BCUT2D eigenvalue weighted by Crippen LogP contribution is -2.18. The molecule has 0 spiro atoms. The minimum absolute atomic E-state index is 0.303. The van der Waals surface area contributed by atoms with Crippen molar-refractivity contribution >= 4 is 0 Å². The molecule has 3 heteroatoms. The Morgan fingerprint density at radius 3 is 2.30 bits per heavy atom. The van der Waals surface area contributed by atoms with Crippen molar-refractivity contribution in [2.24, 2.45) is 0 Å². The highest BCUT2D eigenvalue weighted by Crippen LogP contribution is 1.91. The zero-order valence-corrected chi connectivity index (χ0v) is 6.58. The molecule has 0 aromatic carbocycles. The lowest BCUT2D eigenvalue weighted by atomic mass is 10.3. The summed E-state index contributed by atoms with van der Waals surface area (Å²) in [7, 11) is 0. The van der Waals surface area contributed by atoms with E-state index in [0.717, 1.165) is 0 Å². The Balaban J connectivity index is 3.03. The molecule has 2 unspecified atom stereocenters. The van der Waals surface area contributed by atoms with Crippen molar-refractivity contribution in [1.29, 1.82) is 0 Å². The highest BCUT2D eigenvalue weighted by Gasteiger charge is 2.01. The van der Waals surface area contributed by atoms with Gasteiger partial charge in [-0.2, -0.15) is 0 Å². The SMILES string of the molecule is CCC(O)COCC(C)O. The molecule has 0 aliphatic heterocycles. The molecule has 0 aliphatic rings. The van der Waals surface area contributed by atoms with Gasteiger partial charge < -0.3 is 14.9 Å². The predicted molar refractivity (Wildman–Crippen MR) is 38.8 cm³/mol. The molecule has 62 valence electrons. The van der Waals surface area contributed by atoms with Crippen LogP contribution in [-0.2, 0) is 4.74 Å². The molecular formula is C7H16O3. The first-order valence-corrected chi connectivity index (χ1v) is 3.60. The standard InChI is InChI=1S/C7H16O3/c1-3-7(9)5-10-4-6(2)8/h6-9H,3-5H2,1-2H3. The number of hydrogen-bond acceptors (Lipinski definition) is 3. The fraction of sp³-hybridized carbons (Fsp3) is 1.00. The van der Waals surface area contributed by atoms with Crippen LogP contribution < -0.4 is 0 Å². The second-order valence-corrected chi connectivity index (χ2v) is 2.45. The molecule has 0 fully saturated rings. The molecule has 0 rings (SSSR count). The summed E-state index contributed by atoms with van der Waals surface area (Å²) in [5.41, 5.74) is 0. The van der Waals surface area contributed by atoms with Crippen molar-refractivity contribution in [3.05, 3.63) is 0 Å². The van der Waals surface area contributed by atoms with E-state index in [4.69, 9.17) is 14.9 Å². The van der Waals surface area contributed by atoms with Gasteiger partial charge in [-0.15, -0.1) is 0 Å². The molecule has 0 amide bonds. The van der Waals surface area contributed by atoms with Gasteiger partial charge in [0, 0.05) is 0 Å². The third kappa shape index (κ3) is 6.01. The van der Waals surface area contributed by atoms with Gasteiger partial charge in [0.2, 0.25) is 0 Å². The average Bonchev–Trinajstić information content (AvgIpc) is 1.87. The van der Waals surface area contributed by atoms with E-state index < -0.39 is 12.2 Å². The van der Waals surface area contributed by atoms with Crippen LogP contribution in [0.4, 0.5) is 0 Å². The molecular weight excluding hydrogens is 132 g/mol. The van der Waals surface area contributed by atoms with Gasteiger partial charge in [0.25, 0.3) is 0 Å². The van der Waals surface area contributed by atoms with Gasteiger partial charge >= 0.3 is 0 Å². The van der Waals surface area contributed by atoms with E-state index >= 15 is 0 Å². The van der Waals surface area contributed by atoms with E-state index in [2.05, 4.69) is 0 Å². The summed E-state index contributed by atoms with van der Waals surface area (Å²) in [4.78, 5) is 0. The first-order chi connectivity index (χ1) is 4.66. The summed E-state index contributed by atoms with van der Waals surface area (Å²) >= 11 is 0. The van der Waals surface area contributed by atoms with Crippen LogP contribution >= 0.6 is 0 Å². The first-order valence-electron chi connectivity index (χ1n) is 3.60. The molecule has 2 N–H and O–H groups in total. The lowest BCUT2D eigenvalue weighted by Gasteiger charge is -2.09. The maximum atomic E-state index is 8.96. The van der Waals surface area contributed by atoms with Gasteiger partial charge in [0.15, 0.2) is 0 Å². The summed E-state index contributed by atoms with van der Waals surface area (Å²) in [6.45, 7) is 4.16. The summed E-state index contributed by atoms with van der Waals surface area (Å²) in [5.74, 6) is 0. The summed E-state index contributed by atoms with van der Waals surface area (Å²) in [6.07, 6.45) is -0.136. The number of aliphatic hydroxyl groups is 2. The van der Waals surface area contributed by atoms with Gasteiger partial charge in [-0.1, -0.05) is 6.92 Å². The molecule has 0 aromatic rings. The fourth-order valence-electron chi connectivity index (χ4n) is 0.492. The van der Waals surface area contributed by atoms with Crippen molar-refractivity contribution in [3.63, 3.8) is 0 Å². The van der Waals surface area contributed by atoms with Crippen molar-refractivity contribution in [2.75, 3.05) is 13.2 Å². The van der Waals surface area contributed by atoms with Crippen molar-refractivity contribution in [2.45, 2.75) is 32.5 Å². The van der Waals surface area contributed by atoms with Crippen molar-refractivity contribution in [1.82, 2.24) is 0 Å². The highest BCUT2D eigenvalue weighted by atomic mass is 16.5. The summed E-state index contributed by atoms with van der Waals surface area (Å²) in [6, 6.07) is 0. The van der Waals surface area contributed by atoms with E-state index in [-0.39, 0.29) is 0 Å². The third-order valence-corrected chi connectivity index (χ3v) is 1.14. The molecule has 0 aromatic heterocycles. The smallest absolute Gasteiger partial charge is 0.0771 e. The van der Waals surface area contributed by atoms with Crippen LogP contribution in [0.2, 0.25) is 0 Å². The minimum Gasteiger partial charge on any atom is -0.391 e. The molecule has 2 atom stereocenters. The molecule has 10 heavy (non-hydrogen) atoms. The lowest BCUT2D eigenvalue weighted by molar-refractivity contribution is -0.00283. The molecule has 0 saturated heterocycles. The van der Waals surface area contributed by atoms with Crippen LogP contribution in [0.15, 0.2) is 0 Å². The van der Waals surface area contributed by atoms with Crippen LogP contribution in [0.3, 0.4) is 0 Å². The van der Waals surface area contributed by atoms with Crippen LogP contribution in [0.1, 0.15) is 20.3 Å². The Morgan fingerprint density at radius 2 is 1.90 bits per heavy atom. The van der Waals surface area contributed by atoms with E-state index in [9.17, 15) is 0 Å². The fourth-order valence-corrected chi connectivity index (χ4v) is 0.492. The predicted octanol–water partition coefficient (Wildman–Crippen LogP) is 0.155. The van der Waals surface area contributed by atoms with E-state index in [1.54, 1.807) is 6.92 Å². The maximum absolute atomic E-state index is 8.96. The quantitative estimate of drug-likeness (QED) is 0.583. The van der Waals surface area contributed by atoms with E-state index in [0.29, 0.717) is 19.6 Å². The Kier molecular flexibility index (Phi) is 5.58. The molecule has 3 nitrogen and oxygen atoms in total. The molecule has 0 bridgehead atoms. The van der Waals surface area contributed by atoms with Crippen molar-refractivity contribution < 1.29 is 14.9 Å². The molecule has 0 heterocycles. The topological polar surface area (TPSA) is 49.7 Å². The molecule has 0 saturated carbocycles. The summed E-state index contributed by atoms with van der Waals surface area (Å²) in [5, 5.41) is 17.7. The van der Waals surface area contributed by atoms with E-state index in [1.165, 1.54) is 0 Å². The summed E-state index contributed by atoms with van der Waals surface area (Å²) < 4.78 is 4.95. The van der Waals surface area contributed by atoms with Crippen LogP contribution in [-0.4, -0.2) is 35.6 Å². The zero-order chi connectivity index (χ0) is 7.98. The molecule has 0 aliphatic carbocycles. The minimum atomic E-state index is -0.441. The Morgan fingerprint density at radius 1 is 1.30 bits per heavy atom. The Bertz CT molecular complexity index is 73.3. The first kappa shape index (κ1) is 9.88. The Hall–Kier alpha value is -0.120. The van der Waals surface area contributed by atoms with Crippen LogP contribution in [0, 0.1) is 0 Å². The second-order valence-electron chi connectivity index (χ2n) is 2.45. The number of aliphatic hydroxyl groups excluding tert-OH is 2. The largest absolute Gasteiger partial charge is 0.391 e. The van der Waals surface area contributed by atoms with Gasteiger partial charge in [-0.3, -0.25) is 0 Å². The second kappa shape index (κ2) is 5.65. The number of rotatable bonds is 5. The Labute approximate surface area is 61.6 Å². The maximum Gasteiger partial charge on any atom is 0.0771 e. The number of hydrogen-bond donors (Lipinski definition) is 2. The van der Waals surface area contributed by atoms with E-state index in [1.807, 2.05) is 6.92 Å². The van der Waals surface area contributed by atoms with Crippen LogP contribution in [0.25, 0.3) is 0 Å². The van der Waals surface area contributed by atoms with Gasteiger partial charge in [0.05, 0.1) is 25.4 Å². The van der Waals surface area contributed by atoms with Crippen molar-refractivity contribution in [3.8, 4) is 0 Å². The van der Waals surface area contributed by atoms with Gasteiger partial charge in [-0.05, 0) is 13.3 Å². The normalized spacial score (nSPS) is 16.8. The third-order valence-electron chi connectivity index (χ3n) is 1.14. The van der Waals surface area contributed by atoms with Gasteiger partial charge in [0.1, 0.15) is 0 Å².